The highest BCUT2D eigenvalue weighted by atomic mass is 32.2. The van der Waals surface area contributed by atoms with Crippen LogP contribution in [-0.2, 0) is 14.6 Å². The quantitative estimate of drug-likeness (QED) is 0.718. The van der Waals surface area contributed by atoms with Crippen LogP contribution in [0.15, 0.2) is 18.5 Å². The van der Waals surface area contributed by atoms with Gasteiger partial charge in [0.1, 0.15) is 0 Å². The molecule has 9 heteroatoms. The van der Waals surface area contributed by atoms with E-state index in [0.717, 1.165) is 13.0 Å². The SMILES string of the molecule is CN(CC(=O)N1CCCN(c2ncccn2)CC1)[C@H]1CCS(=O)(=O)C1. The Labute approximate surface area is 148 Å². The van der Waals surface area contributed by atoms with Gasteiger partial charge in [-0.25, -0.2) is 18.4 Å². The van der Waals surface area contributed by atoms with Gasteiger partial charge in [0.2, 0.25) is 11.9 Å². The second-order valence-electron chi connectivity index (χ2n) is 6.74. The molecule has 3 rings (SSSR count). The molecule has 3 heterocycles. The zero-order valence-electron chi connectivity index (χ0n) is 14.5. The van der Waals surface area contributed by atoms with Gasteiger partial charge < -0.3 is 9.80 Å². The van der Waals surface area contributed by atoms with Gasteiger partial charge in [-0.15, -0.1) is 0 Å². The molecule has 25 heavy (non-hydrogen) atoms. The molecule has 0 bridgehead atoms. The average molecular weight is 367 g/mol. The predicted molar refractivity (Wildman–Crippen MR) is 95.1 cm³/mol. The van der Waals surface area contributed by atoms with Crippen molar-refractivity contribution < 1.29 is 13.2 Å². The molecule has 138 valence electrons. The summed E-state index contributed by atoms with van der Waals surface area (Å²) in [6.07, 6.45) is 4.93. The molecule has 1 aromatic rings. The van der Waals surface area contributed by atoms with Crippen molar-refractivity contribution in [2.24, 2.45) is 0 Å². The molecule has 1 aromatic heterocycles. The van der Waals surface area contributed by atoms with E-state index >= 15 is 0 Å². The monoisotopic (exact) mass is 367 g/mol. The molecule has 0 unspecified atom stereocenters. The topological polar surface area (TPSA) is 86.7 Å². The zero-order valence-corrected chi connectivity index (χ0v) is 15.4. The summed E-state index contributed by atoms with van der Waals surface area (Å²) in [6, 6.07) is 1.74. The van der Waals surface area contributed by atoms with Crippen molar-refractivity contribution >= 4 is 21.7 Å². The van der Waals surface area contributed by atoms with Crippen molar-refractivity contribution in [1.29, 1.82) is 0 Å². The van der Waals surface area contributed by atoms with Crippen LogP contribution < -0.4 is 4.90 Å². The largest absolute Gasteiger partial charge is 0.340 e. The van der Waals surface area contributed by atoms with Gasteiger partial charge >= 0.3 is 0 Å². The summed E-state index contributed by atoms with van der Waals surface area (Å²) in [4.78, 5) is 27.0. The number of amides is 1. The Hall–Kier alpha value is -1.74. The van der Waals surface area contributed by atoms with Crippen LogP contribution in [0.2, 0.25) is 0 Å². The average Bonchev–Trinajstić information content (AvgIpc) is 2.82. The van der Waals surface area contributed by atoms with Crippen molar-refractivity contribution in [3.63, 3.8) is 0 Å². The lowest BCUT2D eigenvalue weighted by molar-refractivity contribution is -0.132. The molecule has 0 aliphatic carbocycles. The maximum Gasteiger partial charge on any atom is 0.236 e. The summed E-state index contributed by atoms with van der Waals surface area (Å²) in [5, 5.41) is 0. The number of anilines is 1. The number of likely N-dealkylation sites (N-methyl/N-ethyl adjacent to an activating group) is 1. The molecular weight excluding hydrogens is 342 g/mol. The molecule has 0 aromatic carbocycles. The summed E-state index contributed by atoms with van der Waals surface area (Å²) in [5.74, 6) is 1.15. The molecule has 1 atom stereocenters. The van der Waals surface area contributed by atoms with Crippen molar-refractivity contribution in [3.8, 4) is 0 Å². The number of carbonyl (C=O) groups excluding carboxylic acids is 1. The van der Waals surface area contributed by atoms with Crippen LogP contribution in [0.3, 0.4) is 0 Å². The van der Waals surface area contributed by atoms with Crippen LogP contribution in [0.1, 0.15) is 12.8 Å². The minimum Gasteiger partial charge on any atom is -0.340 e. The third-order valence-electron chi connectivity index (χ3n) is 4.90. The second kappa shape index (κ2) is 7.65. The van der Waals surface area contributed by atoms with Crippen molar-refractivity contribution in [2.45, 2.75) is 18.9 Å². The summed E-state index contributed by atoms with van der Waals surface area (Å²) < 4.78 is 23.2. The fourth-order valence-corrected chi connectivity index (χ4v) is 5.19. The summed E-state index contributed by atoms with van der Waals surface area (Å²) >= 11 is 0. The molecule has 2 aliphatic rings. The fraction of sp³-hybridized carbons (Fsp3) is 0.688. The van der Waals surface area contributed by atoms with Gasteiger partial charge in [-0.05, 0) is 26.0 Å². The van der Waals surface area contributed by atoms with Gasteiger partial charge in [0.25, 0.3) is 0 Å². The maximum atomic E-state index is 12.6. The molecule has 0 radical (unpaired) electrons. The molecule has 2 fully saturated rings. The number of sulfone groups is 1. The molecule has 0 spiro atoms. The van der Waals surface area contributed by atoms with E-state index in [2.05, 4.69) is 14.9 Å². The van der Waals surface area contributed by atoms with Crippen molar-refractivity contribution in [3.05, 3.63) is 18.5 Å². The second-order valence-corrected chi connectivity index (χ2v) is 8.97. The number of nitrogens with zero attached hydrogens (tertiary/aromatic N) is 5. The first-order valence-corrected chi connectivity index (χ1v) is 10.5. The van der Waals surface area contributed by atoms with E-state index in [1.54, 1.807) is 18.5 Å². The summed E-state index contributed by atoms with van der Waals surface area (Å²) in [6.45, 7) is 3.14. The van der Waals surface area contributed by atoms with Crippen molar-refractivity contribution in [2.75, 3.05) is 56.2 Å². The molecule has 2 aliphatic heterocycles. The van der Waals surface area contributed by atoms with E-state index in [0.29, 0.717) is 32.0 Å². The van der Waals surface area contributed by atoms with E-state index in [1.807, 2.05) is 16.8 Å². The normalized spacial score (nSPS) is 23.7. The smallest absolute Gasteiger partial charge is 0.236 e. The first kappa shape index (κ1) is 18.1. The van der Waals surface area contributed by atoms with Crippen LogP contribution in [-0.4, -0.2) is 91.4 Å². The van der Waals surface area contributed by atoms with E-state index in [9.17, 15) is 13.2 Å². The Morgan fingerprint density at radius 1 is 1.24 bits per heavy atom. The van der Waals surface area contributed by atoms with E-state index in [-0.39, 0.29) is 30.0 Å². The lowest BCUT2D eigenvalue weighted by Crippen LogP contribution is -2.44. The van der Waals surface area contributed by atoms with Crippen LogP contribution >= 0.6 is 0 Å². The molecule has 0 saturated carbocycles. The third-order valence-corrected chi connectivity index (χ3v) is 6.65. The van der Waals surface area contributed by atoms with Gasteiger partial charge in [0.15, 0.2) is 9.84 Å². The lowest BCUT2D eigenvalue weighted by Gasteiger charge is -2.27. The lowest BCUT2D eigenvalue weighted by atomic mass is 10.2. The highest BCUT2D eigenvalue weighted by Crippen LogP contribution is 2.17. The van der Waals surface area contributed by atoms with Gasteiger partial charge in [-0.3, -0.25) is 9.69 Å². The number of rotatable bonds is 4. The van der Waals surface area contributed by atoms with Crippen LogP contribution in [0.4, 0.5) is 5.95 Å². The van der Waals surface area contributed by atoms with E-state index in [1.165, 1.54) is 0 Å². The highest BCUT2D eigenvalue weighted by molar-refractivity contribution is 7.91. The Kier molecular flexibility index (Phi) is 5.53. The van der Waals surface area contributed by atoms with E-state index < -0.39 is 9.84 Å². The summed E-state index contributed by atoms with van der Waals surface area (Å²) in [7, 11) is -1.09. The van der Waals surface area contributed by atoms with Gasteiger partial charge in [-0.2, -0.15) is 0 Å². The summed E-state index contributed by atoms with van der Waals surface area (Å²) in [5.41, 5.74) is 0. The fourth-order valence-electron chi connectivity index (χ4n) is 3.39. The third kappa shape index (κ3) is 4.66. The van der Waals surface area contributed by atoms with Gasteiger partial charge in [0.05, 0.1) is 18.1 Å². The number of carbonyl (C=O) groups is 1. The minimum absolute atomic E-state index is 0.0462. The molecule has 0 N–H and O–H groups in total. The standard InChI is InChI=1S/C16H25N5O3S/c1-19(14-4-11-25(23,24)13-14)12-15(22)20-7-3-8-21(10-9-20)16-17-5-2-6-18-16/h2,5-6,14H,3-4,7-13H2,1H3/t14-/m0/s1. The van der Waals surface area contributed by atoms with Crippen LogP contribution in [0.5, 0.6) is 0 Å². The van der Waals surface area contributed by atoms with Crippen LogP contribution in [0.25, 0.3) is 0 Å². The number of hydrogen-bond donors (Lipinski definition) is 0. The Bertz CT molecular complexity index is 697. The zero-order chi connectivity index (χ0) is 17.9. The van der Waals surface area contributed by atoms with Crippen LogP contribution in [0, 0.1) is 0 Å². The minimum atomic E-state index is -2.93. The number of hydrogen-bond acceptors (Lipinski definition) is 7. The van der Waals surface area contributed by atoms with E-state index in [4.69, 9.17) is 0 Å². The molecule has 2 saturated heterocycles. The predicted octanol–water partition coefficient (Wildman–Crippen LogP) is -0.366. The van der Waals surface area contributed by atoms with Crippen molar-refractivity contribution in [1.82, 2.24) is 19.8 Å². The maximum absolute atomic E-state index is 12.6. The highest BCUT2D eigenvalue weighted by Gasteiger charge is 2.32. The first-order chi connectivity index (χ1) is 11.9. The molecular formula is C16H25N5O3S. The number of aromatic nitrogens is 2. The Morgan fingerprint density at radius 3 is 2.68 bits per heavy atom. The Morgan fingerprint density at radius 2 is 2.00 bits per heavy atom. The van der Waals surface area contributed by atoms with Gasteiger partial charge in [-0.1, -0.05) is 0 Å². The van der Waals surface area contributed by atoms with Gasteiger partial charge in [0, 0.05) is 44.6 Å². The molecule has 1 amide bonds. The Balaban J connectivity index is 1.53. The molecule has 8 nitrogen and oxygen atoms in total. The first-order valence-electron chi connectivity index (χ1n) is 8.65.